The quantitative estimate of drug-likeness (QED) is 0.0389. The number of rotatable bonds is 21. The van der Waals surface area contributed by atoms with Gasteiger partial charge in [0.05, 0.1) is 24.2 Å². The van der Waals surface area contributed by atoms with Gasteiger partial charge in [-0.3, -0.25) is 24.1 Å². The number of unbranched alkanes of at least 4 members (excludes halogenated alkanes) is 7. The van der Waals surface area contributed by atoms with Crippen molar-refractivity contribution in [1.82, 2.24) is 29.9 Å². The molecule has 17 nitrogen and oxygen atoms in total. The van der Waals surface area contributed by atoms with Crippen LogP contribution in [0.25, 0.3) is 21.8 Å². The van der Waals surface area contributed by atoms with Gasteiger partial charge in [-0.1, -0.05) is 111 Å². The van der Waals surface area contributed by atoms with E-state index in [-0.39, 0.29) is 11.8 Å². The van der Waals surface area contributed by atoms with E-state index in [1.54, 1.807) is 60.7 Å². The predicted octanol–water partition coefficient (Wildman–Crippen LogP) is 8.12. The first-order valence-electron chi connectivity index (χ1n) is 25.2. The van der Waals surface area contributed by atoms with E-state index in [4.69, 9.17) is 4.74 Å². The fourth-order valence-electron chi connectivity index (χ4n) is 10.5. The molecule has 8 rings (SSSR count). The lowest BCUT2D eigenvalue weighted by Crippen LogP contribution is -2.48. The number of aromatic nitrogens is 1. The maximum atomic E-state index is 14.1. The van der Waals surface area contributed by atoms with Crippen LogP contribution in [0.4, 0.5) is 21.0 Å². The Labute approximate surface area is 413 Å². The molecule has 1 aromatic heterocycles. The molecule has 0 aliphatic carbocycles. The molecule has 2 unspecified atom stereocenters. The molecule has 0 bridgehead atoms. The Morgan fingerprint density at radius 1 is 0.535 bits per heavy atom. The highest BCUT2D eigenvalue weighted by atomic mass is 16.5. The summed E-state index contributed by atoms with van der Waals surface area (Å²) in [5, 5.41) is 32.0. The second kappa shape index (κ2) is 24.2. The minimum Gasteiger partial charge on any atom is -0.465 e. The van der Waals surface area contributed by atoms with Crippen molar-refractivity contribution in [3.05, 3.63) is 108 Å². The van der Waals surface area contributed by atoms with Gasteiger partial charge in [-0.05, 0) is 80.5 Å². The summed E-state index contributed by atoms with van der Waals surface area (Å²) in [6.45, 7) is 6.15. The van der Waals surface area contributed by atoms with Crippen molar-refractivity contribution < 1.29 is 43.7 Å². The van der Waals surface area contributed by atoms with Crippen molar-refractivity contribution in [2.45, 2.75) is 108 Å². The highest BCUT2D eigenvalue weighted by molar-refractivity contribution is 6.11. The second-order valence-corrected chi connectivity index (χ2v) is 18.8. The SMILES string of the molecule is O=C(O)NC(C(=O)N1CCC[C@H]1C(=O)Nc1ccc2c3ccc(NC(=O)[C@@H]4CCCN4C(=O)C(NC(=O)O)c4ccccc4)cc3n(CCCCCCCCCCN3CCOCC3)c2c1)c1ccccc1. The van der Waals surface area contributed by atoms with Crippen LogP contribution in [-0.2, 0) is 30.5 Å². The molecule has 4 heterocycles. The van der Waals surface area contributed by atoms with Crippen LogP contribution in [0.5, 0.6) is 0 Å². The summed E-state index contributed by atoms with van der Waals surface area (Å²) in [6.07, 6.45) is 8.42. The van der Waals surface area contributed by atoms with Gasteiger partial charge in [0, 0.05) is 54.9 Å². The Bertz CT molecular complexity index is 2490. The average Bonchev–Trinajstić information content (AvgIpc) is 4.15. The number of hydrogen-bond donors (Lipinski definition) is 6. The first-order chi connectivity index (χ1) is 34.5. The van der Waals surface area contributed by atoms with Gasteiger partial charge >= 0.3 is 12.2 Å². The molecule has 0 spiro atoms. The van der Waals surface area contributed by atoms with Crippen LogP contribution < -0.4 is 21.3 Å². The number of benzene rings is 4. The third-order valence-electron chi connectivity index (χ3n) is 14.1. The summed E-state index contributed by atoms with van der Waals surface area (Å²) < 4.78 is 7.70. The van der Waals surface area contributed by atoms with Gasteiger partial charge in [0.1, 0.15) is 24.2 Å². The van der Waals surface area contributed by atoms with Crippen LogP contribution >= 0.6 is 0 Å². The number of anilines is 2. The van der Waals surface area contributed by atoms with E-state index in [0.717, 1.165) is 80.3 Å². The molecule has 6 amide bonds. The average molecular weight is 971 g/mol. The number of morpholine rings is 1. The molecule has 0 saturated carbocycles. The van der Waals surface area contributed by atoms with Gasteiger partial charge in [0.25, 0.3) is 11.8 Å². The van der Waals surface area contributed by atoms with Crippen LogP contribution in [0.3, 0.4) is 0 Å². The number of amides is 6. The van der Waals surface area contributed by atoms with E-state index >= 15 is 0 Å². The lowest BCUT2D eigenvalue weighted by atomic mass is 10.0. The fraction of sp³-hybridized carbons (Fsp3) is 0.444. The van der Waals surface area contributed by atoms with E-state index in [2.05, 4.69) is 30.7 Å². The van der Waals surface area contributed by atoms with Crippen molar-refractivity contribution in [3.63, 3.8) is 0 Å². The first kappa shape index (κ1) is 50.4. The zero-order valence-corrected chi connectivity index (χ0v) is 40.2. The maximum absolute atomic E-state index is 14.1. The highest BCUT2D eigenvalue weighted by Gasteiger charge is 2.40. The van der Waals surface area contributed by atoms with E-state index in [9.17, 15) is 39.0 Å². The number of nitrogens with zero attached hydrogens (tertiary/aromatic N) is 4. The second-order valence-electron chi connectivity index (χ2n) is 18.8. The fourth-order valence-corrected chi connectivity index (χ4v) is 10.5. The van der Waals surface area contributed by atoms with Gasteiger partial charge < -0.3 is 50.6 Å². The normalized spacial score (nSPS) is 18.0. The minimum absolute atomic E-state index is 0.313. The summed E-state index contributed by atoms with van der Waals surface area (Å²) in [6, 6.07) is 24.8. The van der Waals surface area contributed by atoms with Crippen molar-refractivity contribution in [2.75, 3.05) is 56.6 Å². The number of hydrogen-bond acceptors (Lipinski definition) is 8. The predicted molar refractivity (Wildman–Crippen MR) is 271 cm³/mol. The number of carbonyl (C=O) groups is 6. The molecule has 3 aliphatic heterocycles. The number of carbonyl (C=O) groups excluding carboxylic acids is 4. The minimum atomic E-state index is -1.34. The summed E-state index contributed by atoms with van der Waals surface area (Å²) in [5.41, 5.74) is 3.85. The number of ether oxygens (including phenoxy) is 1. The number of nitrogens with one attached hydrogen (secondary N) is 4. The largest absolute Gasteiger partial charge is 0.465 e. The summed E-state index contributed by atoms with van der Waals surface area (Å²) in [7, 11) is 0. The van der Waals surface area contributed by atoms with Crippen molar-refractivity contribution in [3.8, 4) is 0 Å². The topological polar surface area (TPSA) is 215 Å². The number of fused-ring (bicyclic) bond motifs is 3. The van der Waals surface area contributed by atoms with E-state index in [1.165, 1.54) is 35.5 Å². The molecule has 3 aliphatic rings. The Hall–Kier alpha value is -6.98. The van der Waals surface area contributed by atoms with Crippen LogP contribution in [0.15, 0.2) is 97.1 Å². The molecule has 3 fully saturated rings. The molecule has 17 heteroatoms. The molecule has 3 saturated heterocycles. The first-order valence-corrected chi connectivity index (χ1v) is 25.2. The highest BCUT2D eigenvalue weighted by Crippen LogP contribution is 2.35. The van der Waals surface area contributed by atoms with E-state index < -0.39 is 48.2 Å². The van der Waals surface area contributed by atoms with Gasteiger partial charge in [-0.2, -0.15) is 0 Å². The molecule has 376 valence electrons. The number of aryl methyl sites for hydroxylation is 1. The van der Waals surface area contributed by atoms with Gasteiger partial charge in [-0.25, -0.2) is 9.59 Å². The van der Waals surface area contributed by atoms with Crippen LogP contribution in [-0.4, -0.2) is 123 Å². The number of carboxylic acid groups (broad SMARTS) is 2. The Balaban J connectivity index is 0.982. The molecule has 4 atom stereocenters. The molecule has 4 aromatic carbocycles. The molecular formula is C54H66N8O9. The zero-order chi connectivity index (χ0) is 49.7. The third kappa shape index (κ3) is 12.7. The Kier molecular flexibility index (Phi) is 17.2. The number of likely N-dealkylation sites (tertiary alicyclic amines) is 2. The van der Waals surface area contributed by atoms with Gasteiger partial charge in [-0.15, -0.1) is 0 Å². The molecule has 0 radical (unpaired) electrons. The van der Waals surface area contributed by atoms with E-state index in [0.29, 0.717) is 67.8 Å². The smallest absolute Gasteiger partial charge is 0.405 e. The lowest BCUT2D eigenvalue weighted by molar-refractivity contribution is -0.138. The van der Waals surface area contributed by atoms with Crippen molar-refractivity contribution >= 4 is 69.0 Å². The van der Waals surface area contributed by atoms with Gasteiger partial charge in [0.15, 0.2) is 0 Å². The van der Waals surface area contributed by atoms with E-state index in [1.807, 2.05) is 36.4 Å². The van der Waals surface area contributed by atoms with Crippen molar-refractivity contribution in [2.24, 2.45) is 0 Å². The summed E-state index contributed by atoms with van der Waals surface area (Å²) >= 11 is 0. The van der Waals surface area contributed by atoms with Crippen molar-refractivity contribution in [1.29, 1.82) is 0 Å². The van der Waals surface area contributed by atoms with Crippen LogP contribution in [0, 0.1) is 0 Å². The van der Waals surface area contributed by atoms with Crippen LogP contribution in [0.2, 0.25) is 0 Å². The van der Waals surface area contributed by atoms with Gasteiger partial charge in [0.2, 0.25) is 11.8 Å². The molecule has 6 N–H and O–H groups in total. The zero-order valence-electron chi connectivity index (χ0n) is 40.2. The monoisotopic (exact) mass is 970 g/mol. The lowest BCUT2D eigenvalue weighted by Gasteiger charge is -2.28. The summed E-state index contributed by atoms with van der Waals surface area (Å²) in [4.78, 5) is 85.0. The molecular weight excluding hydrogens is 905 g/mol. The standard InChI is InChI=1S/C54H66N8O9/c63-49(43-21-15-29-61(43)51(65)47(57-53(67)68)37-17-9-7-10-18-37)55-39-23-25-41-42-26-24-40(56-50(64)44-22-16-30-62(44)52(66)48(58-54(69)70)38-19-11-8-12-20-38)36-46(42)60(45(41)35-39)28-14-6-4-2-1-3-5-13-27-59-31-33-71-34-32-59/h7-12,17-20,23-26,35-36,43-44,47-48,57-58H,1-6,13-16,21-22,27-34H2,(H,55,63)(H,56,64)(H,67,68)(H,69,70)/t43-,44-,47?,48?/m0/s1. The molecule has 5 aromatic rings. The Morgan fingerprint density at radius 2 is 0.958 bits per heavy atom. The summed E-state index contributed by atoms with van der Waals surface area (Å²) in [5.74, 6) is -1.70. The molecule has 71 heavy (non-hydrogen) atoms. The third-order valence-corrected chi connectivity index (χ3v) is 14.1. The Morgan fingerprint density at radius 3 is 1.39 bits per heavy atom. The maximum Gasteiger partial charge on any atom is 0.405 e. The van der Waals surface area contributed by atoms with Crippen LogP contribution in [0.1, 0.15) is 100 Å².